The molecule has 0 aromatic heterocycles. The summed E-state index contributed by atoms with van der Waals surface area (Å²) in [6.45, 7) is 6.44. The molecule has 1 aliphatic rings. The van der Waals surface area contributed by atoms with Crippen molar-refractivity contribution in [2.45, 2.75) is 33.6 Å². The molecule has 2 aromatic carbocycles. The van der Waals surface area contributed by atoms with Crippen LogP contribution in [-0.2, 0) is 9.59 Å². The summed E-state index contributed by atoms with van der Waals surface area (Å²) in [4.78, 5) is 39.0. The molecule has 0 saturated carbocycles. The van der Waals surface area contributed by atoms with Gasteiger partial charge in [0.15, 0.2) is 0 Å². The lowest BCUT2D eigenvalue weighted by Crippen LogP contribution is -2.54. The van der Waals surface area contributed by atoms with Crippen LogP contribution in [0.5, 0.6) is 5.75 Å². The number of aryl methyl sites for hydroxylation is 2. The van der Waals surface area contributed by atoms with E-state index >= 15 is 0 Å². The number of ether oxygens (including phenoxy) is 1. The molecular weight excluding hydrogens is 448 g/mol. The normalized spacial score (nSPS) is 15.5. The van der Waals surface area contributed by atoms with Gasteiger partial charge >= 0.3 is 6.03 Å². The summed E-state index contributed by atoms with van der Waals surface area (Å²) in [7, 11) is 0. The molecule has 7 heteroatoms. The number of hydrogen-bond donors (Lipinski definition) is 1. The third-order valence-corrected chi connectivity index (χ3v) is 5.37. The molecule has 30 heavy (non-hydrogen) atoms. The first-order valence-electron chi connectivity index (χ1n) is 9.73. The van der Waals surface area contributed by atoms with Gasteiger partial charge < -0.3 is 4.74 Å². The van der Waals surface area contributed by atoms with Gasteiger partial charge in [0.2, 0.25) is 0 Å². The number of hydrogen-bond acceptors (Lipinski definition) is 4. The van der Waals surface area contributed by atoms with E-state index in [0.29, 0.717) is 23.6 Å². The molecule has 156 valence electrons. The SMILES string of the molecule is CCCCOc1ccc(Br)cc1/C=C1/C(=O)NC(=O)N(c2ccc(C)c(C)c2)C1=O. The number of carbonyl (C=O) groups is 3. The monoisotopic (exact) mass is 470 g/mol. The topological polar surface area (TPSA) is 75.7 Å². The van der Waals surface area contributed by atoms with Gasteiger partial charge in [0, 0.05) is 10.0 Å². The fourth-order valence-corrected chi connectivity index (χ4v) is 3.38. The number of amides is 4. The Labute approximate surface area is 184 Å². The molecule has 0 spiro atoms. The van der Waals surface area contributed by atoms with Crippen molar-refractivity contribution in [2.75, 3.05) is 11.5 Å². The minimum Gasteiger partial charge on any atom is -0.493 e. The van der Waals surface area contributed by atoms with Crippen molar-refractivity contribution in [3.05, 3.63) is 63.1 Å². The standard InChI is InChI=1S/C23H23BrN2O4/c1-4-5-10-30-20-9-7-17(24)12-16(20)13-19-21(27)25-23(29)26(22(19)28)18-8-6-14(2)15(3)11-18/h6-9,11-13H,4-5,10H2,1-3H3,(H,25,27,29)/b19-13-. The Morgan fingerprint density at radius 2 is 1.83 bits per heavy atom. The molecule has 0 aliphatic carbocycles. The lowest BCUT2D eigenvalue weighted by Gasteiger charge is -2.27. The summed E-state index contributed by atoms with van der Waals surface area (Å²) < 4.78 is 6.60. The second-order valence-corrected chi connectivity index (χ2v) is 8.03. The maximum Gasteiger partial charge on any atom is 0.335 e. The first kappa shape index (κ1) is 21.8. The summed E-state index contributed by atoms with van der Waals surface area (Å²) in [6, 6.07) is 9.88. The molecule has 0 bridgehead atoms. The van der Waals surface area contributed by atoms with Crippen LogP contribution in [0.25, 0.3) is 6.08 Å². The maximum absolute atomic E-state index is 13.1. The Morgan fingerprint density at radius 1 is 1.07 bits per heavy atom. The van der Waals surface area contributed by atoms with Crippen molar-refractivity contribution in [2.24, 2.45) is 0 Å². The number of imide groups is 2. The average molecular weight is 471 g/mol. The van der Waals surface area contributed by atoms with Gasteiger partial charge in [-0.3, -0.25) is 14.9 Å². The van der Waals surface area contributed by atoms with Gasteiger partial charge in [0.25, 0.3) is 11.8 Å². The molecule has 0 radical (unpaired) electrons. The van der Waals surface area contributed by atoms with Crippen LogP contribution in [0.4, 0.5) is 10.5 Å². The highest BCUT2D eigenvalue weighted by Crippen LogP contribution is 2.28. The lowest BCUT2D eigenvalue weighted by atomic mass is 10.0. The molecule has 4 amide bonds. The second-order valence-electron chi connectivity index (χ2n) is 7.11. The van der Waals surface area contributed by atoms with Gasteiger partial charge in [-0.15, -0.1) is 0 Å². The van der Waals surface area contributed by atoms with E-state index in [1.807, 2.05) is 26.0 Å². The van der Waals surface area contributed by atoms with Crippen molar-refractivity contribution in [3.63, 3.8) is 0 Å². The van der Waals surface area contributed by atoms with E-state index in [4.69, 9.17) is 4.74 Å². The van der Waals surface area contributed by atoms with Crippen LogP contribution in [0, 0.1) is 13.8 Å². The van der Waals surface area contributed by atoms with Crippen molar-refractivity contribution >= 4 is 45.5 Å². The van der Waals surface area contributed by atoms with Crippen LogP contribution < -0.4 is 15.0 Å². The number of rotatable bonds is 6. The van der Waals surface area contributed by atoms with Gasteiger partial charge in [0.05, 0.1) is 12.3 Å². The van der Waals surface area contributed by atoms with Crippen molar-refractivity contribution in [3.8, 4) is 5.75 Å². The summed E-state index contributed by atoms with van der Waals surface area (Å²) in [6.07, 6.45) is 3.34. The Hall–Kier alpha value is -2.93. The van der Waals surface area contributed by atoms with E-state index in [1.165, 1.54) is 6.08 Å². The molecule has 1 fully saturated rings. The molecule has 3 rings (SSSR count). The average Bonchev–Trinajstić information content (AvgIpc) is 2.69. The number of benzene rings is 2. The van der Waals surface area contributed by atoms with Crippen LogP contribution in [0.1, 0.15) is 36.5 Å². The lowest BCUT2D eigenvalue weighted by molar-refractivity contribution is -0.122. The van der Waals surface area contributed by atoms with Crippen LogP contribution in [0.2, 0.25) is 0 Å². The van der Waals surface area contributed by atoms with E-state index in [0.717, 1.165) is 33.3 Å². The molecule has 0 atom stereocenters. The van der Waals surface area contributed by atoms with Crippen molar-refractivity contribution < 1.29 is 19.1 Å². The highest BCUT2D eigenvalue weighted by molar-refractivity contribution is 9.10. The molecule has 1 heterocycles. The van der Waals surface area contributed by atoms with Gasteiger partial charge in [-0.1, -0.05) is 35.3 Å². The molecule has 1 saturated heterocycles. The Kier molecular flexibility index (Phi) is 6.72. The minimum atomic E-state index is -0.765. The number of carbonyl (C=O) groups excluding carboxylic acids is 3. The summed E-state index contributed by atoms with van der Waals surface area (Å²) in [5.74, 6) is -0.842. The van der Waals surface area contributed by atoms with Crippen LogP contribution in [-0.4, -0.2) is 24.5 Å². The molecule has 2 aromatic rings. The number of nitrogens with one attached hydrogen (secondary N) is 1. The van der Waals surface area contributed by atoms with Gasteiger partial charge in [-0.25, -0.2) is 9.69 Å². The van der Waals surface area contributed by atoms with Gasteiger partial charge in [-0.05, 0) is 67.8 Å². The molecular formula is C23H23BrN2O4. The highest BCUT2D eigenvalue weighted by Gasteiger charge is 2.37. The van der Waals surface area contributed by atoms with Crippen molar-refractivity contribution in [1.82, 2.24) is 5.32 Å². The Morgan fingerprint density at radius 3 is 2.53 bits per heavy atom. The fraction of sp³-hybridized carbons (Fsp3) is 0.261. The van der Waals surface area contributed by atoms with E-state index < -0.39 is 17.8 Å². The van der Waals surface area contributed by atoms with E-state index in [2.05, 4.69) is 28.2 Å². The zero-order valence-corrected chi connectivity index (χ0v) is 18.7. The Bertz CT molecular complexity index is 1050. The smallest absolute Gasteiger partial charge is 0.335 e. The largest absolute Gasteiger partial charge is 0.493 e. The summed E-state index contributed by atoms with van der Waals surface area (Å²) >= 11 is 3.41. The molecule has 0 unspecified atom stereocenters. The zero-order chi connectivity index (χ0) is 21.8. The van der Waals surface area contributed by atoms with E-state index in [1.54, 1.807) is 24.3 Å². The van der Waals surface area contributed by atoms with Crippen LogP contribution in [0.3, 0.4) is 0 Å². The Balaban J connectivity index is 2.00. The predicted octanol–water partition coefficient (Wildman–Crippen LogP) is 4.91. The molecule has 6 nitrogen and oxygen atoms in total. The third-order valence-electron chi connectivity index (χ3n) is 4.88. The number of anilines is 1. The maximum atomic E-state index is 13.1. The van der Waals surface area contributed by atoms with E-state index in [9.17, 15) is 14.4 Å². The van der Waals surface area contributed by atoms with Crippen LogP contribution >= 0.6 is 15.9 Å². The third kappa shape index (κ3) is 4.62. The zero-order valence-electron chi connectivity index (χ0n) is 17.1. The van der Waals surface area contributed by atoms with Crippen molar-refractivity contribution in [1.29, 1.82) is 0 Å². The molecule has 1 N–H and O–H groups in total. The van der Waals surface area contributed by atoms with Crippen LogP contribution in [0.15, 0.2) is 46.4 Å². The first-order valence-corrected chi connectivity index (χ1v) is 10.5. The number of barbiturate groups is 1. The number of unbranched alkanes of at least 4 members (excludes halogenated alkanes) is 1. The minimum absolute atomic E-state index is 0.133. The number of urea groups is 1. The quantitative estimate of drug-likeness (QED) is 0.369. The predicted molar refractivity (Wildman–Crippen MR) is 119 cm³/mol. The number of halogens is 1. The summed E-state index contributed by atoms with van der Waals surface area (Å²) in [5.41, 5.74) is 2.83. The summed E-state index contributed by atoms with van der Waals surface area (Å²) in [5, 5.41) is 2.26. The first-order chi connectivity index (χ1) is 14.3. The molecule has 1 aliphatic heterocycles. The van der Waals surface area contributed by atoms with Gasteiger partial charge in [0.1, 0.15) is 11.3 Å². The number of nitrogens with zero attached hydrogens (tertiary/aromatic N) is 1. The second kappa shape index (κ2) is 9.26. The highest BCUT2D eigenvalue weighted by atomic mass is 79.9. The van der Waals surface area contributed by atoms with E-state index in [-0.39, 0.29) is 5.57 Å². The fourth-order valence-electron chi connectivity index (χ4n) is 3.00. The van der Waals surface area contributed by atoms with Gasteiger partial charge in [-0.2, -0.15) is 0 Å².